The molecule has 1 amide bonds. The number of nitrogens with zero attached hydrogens (tertiary/aromatic N) is 1. The fourth-order valence-electron chi connectivity index (χ4n) is 2.10. The number of halogens is 1. The molecule has 2 heterocycles. The minimum Gasteiger partial charge on any atom is -0.397 e. The molecule has 1 aromatic carbocycles. The molecule has 0 bridgehead atoms. The van der Waals surface area contributed by atoms with E-state index in [4.69, 9.17) is 5.73 Å². The molecular weight excluding hydrogens is 289 g/mol. The van der Waals surface area contributed by atoms with Crippen LogP contribution in [0.15, 0.2) is 36.7 Å². The summed E-state index contributed by atoms with van der Waals surface area (Å²) < 4.78 is 14.6. The summed E-state index contributed by atoms with van der Waals surface area (Å²) in [4.78, 5) is 16.7. The second-order valence-electron chi connectivity index (χ2n) is 4.60. The van der Waals surface area contributed by atoms with Gasteiger partial charge in [-0.1, -0.05) is 12.1 Å². The Morgan fingerprint density at radius 2 is 2.19 bits per heavy atom. The van der Waals surface area contributed by atoms with Gasteiger partial charge in [-0.25, -0.2) is 4.39 Å². The van der Waals surface area contributed by atoms with Crippen molar-refractivity contribution in [1.29, 1.82) is 0 Å². The van der Waals surface area contributed by atoms with Crippen LogP contribution in [0.2, 0.25) is 0 Å². The Hall–Kier alpha value is -2.47. The second kappa shape index (κ2) is 5.14. The maximum Gasteiger partial charge on any atom is 0.267 e. The lowest BCUT2D eigenvalue weighted by molar-refractivity contribution is 0.103. The number of rotatable bonds is 2. The normalized spacial score (nSPS) is 10.8. The van der Waals surface area contributed by atoms with Crippen molar-refractivity contribution in [3.63, 3.8) is 0 Å². The molecule has 3 aromatic rings. The number of amides is 1. The zero-order chi connectivity index (χ0) is 15.0. The van der Waals surface area contributed by atoms with Crippen molar-refractivity contribution >= 4 is 38.7 Å². The Morgan fingerprint density at radius 3 is 2.90 bits per heavy atom. The van der Waals surface area contributed by atoms with E-state index in [9.17, 15) is 9.18 Å². The lowest BCUT2D eigenvalue weighted by Crippen LogP contribution is -2.14. The van der Waals surface area contributed by atoms with Crippen molar-refractivity contribution in [3.05, 3.63) is 52.9 Å². The topological polar surface area (TPSA) is 68.0 Å². The summed E-state index contributed by atoms with van der Waals surface area (Å²) in [6.07, 6.45) is 3.27. The van der Waals surface area contributed by atoms with Gasteiger partial charge in [0, 0.05) is 17.8 Å². The Morgan fingerprint density at radius 1 is 1.38 bits per heavy atom. The Labute approximate surface area is 124 Å². The third kappa shape index (κ3) is 2.34. The number of pyridine rings is 1. The number of aromatic nitrogens is 1. The number of hydrogen-bond donors (Lipinski definition) is 2. The summed E-state index contributed by atoms with van der Waals surface area (Å²) in [5, 5.41) is 3.38. The van der Waals surface area contributed by atoms with Crippen LogP contribution in [0.4, 0.5) is 15.8 Å². The molecule has 21 heavy (non-hydrogen) atoms. The van der Waals surface area contributed by atoms with Crippen molar-refractivity contribution in [2.45, 2.75) is 6.92 Å². The molecule has 0 atom stereocenters. The van der Waals surface area contributed by atoms with Gasteiger partial charge in [0.2, 0.25) is 0 Å². The number of carbonyl (C=O) groups excluding carboxylic acids is 1. The minimum absolute atomic E-state index is 0.178. The van der Waals surface area contributed by atoms with Gasteiger partial charge in [-0.15, -0.1) is 11.3 Å². The first-order chi connectivity index (χ1) is 10.1. The van der Waals surface area contributed by atoms with E-state index in [0.29, 0.717) is 16.1 Å². The molecule has 0 aliphatic carbocycles. The third-order valence-electron chi connectivity index (χ3n) is 3.20. The number of para-hydroxylation sites is 1. The molecule has 0 fully saturated rings. The van der Waals surface area contributed by atoms with Crippen LogP contribution in [0.1, 0.15) is 15.2 Å². The molecule has 3 N–H and O–H groups in total. The predicted molar refractivity (Wildman–Crippen MR) is 83.1 cm³/mol. The highest BCUT2D eigenvalue weighted by Gasteiger charge is 2.18. The van der Waals surface area contributed by atoms with Crippen LogP contribution in [0.5, 0.6) is 0 Å². The predicted octanol–water partition coefficient (Wildman–Crippen LogP) is 3.58. The second-order valence-corrected chi connectivity index (χ2v) is 5.65. The first-order valence-corrected chi connectivity index (χ1v) is 7.08. The summed E-state index contributed by atoms with van der Waals surface area (Å²) in [6, 6.07) is 6.39. The van der Waals surface area contributed by atoms with E-state index in [1.165, 1.54) is 17.4 Å². The molecule has 0 saturated heterocycles. The molecule has 4 nitrogen and oxygen atoms in total. The van der Waals surface area contributed by atoms with Gasteiger partial charge in [-0.05, 0) is 24.6 Å². The summed E-state index contributed by atoms with van der Waals surface area (Å²) in [5.41, 5.74) is 7.23. The van der Waals surface area contributed by atoms with Gasteiger partial charge in [0.15, 0.2) is 0 Å². The Bertz CT molecular complexity index is 824. The van der Waals surface area contributed by atoms with E-state index in [2.05, 4.69) is 10.3 Å². The first kappa shape index (κ1) is 13.5. The molecule has 3 rings (SSSR count). The van der Waals surface area contributed by atoms with E-state index in [-0.39, 0.29) is 5.69 Å². The maximum atomic E-state index is 13.8. The number of fused-ring (bicyclic) bond motifs is 1. The number of nitrogens with one attached hydrogen (secondary N) is 1. The molecule has 0 aliphatic rings. The molecule has 0 saturated carbocycles. The number of anilines is 2. The van der Waals surface area contributed by atoms with E-state index in [1.807, 2.05) is 0 Å². The van der Waals surface area contributed by atoms with Crippen LogP contribution in [-0.4, -0.2) is 10.9 Å². The molecule has 0 spiro atoms. The lowest BCUT2D eigenvalue weighted by atomic mass is 10.2. The van der Waals surface area contributed by atoms with Gasteiger partial charge in [-0.3, -0.25) is 9.78 Å². The van der Waals surface area contributed by atoms with Crippen molar-refractivity contribution in [2.24, 2.45) is 0 Å². The average molecular weight is 301 g/mol. The number of nitrogens with two attached hydrogens (primary N) is 1. The standard InChI is InChI=1S/C15H12FN3OS/c1-8-3-2-4-10(16)13(8)19-15(20)14-12(17)9-5-6-18-7-11(9)21-14/h2-7H,17H2,1H3,(H,19,20). The first-order valence-electron chi connectivity index (χ1n) is 6.26. The van der Waals surface area contributed by atoms with Gasteiger partial charge in [0.05, 0.1) is 16.1 Å². The molecule has 0 aliphatic heterocycles. The minimum atomic E-state index is -0.468. The molecule has 106 valence electrons. The smallest absolute Gasteiger partial charge is 0.267 e. The number of aryl methyl sites for hydroxylation is 1. The summed E-state index contributed by atoms with van der Waals surface area (Å²) in [5.74, 6) is -0.883. The number of thiophene rings is 1. The monoisotopic (exact) mass is 301 g/mol. The fourth-order valence-corrected chi connectivity index (χ4v) is 3.09. The van der Waals surface area contributed by atoms with Crippen LogP contribution >= 0.6 is 11.3 Å². The maximum absolute atomic E-state index is 13.8. The number of benzene rings is 1. The molecule has 2 aromatic heterocycles. The number of carbonyl (C=O) groups is 1. The van der Waals surface area contributed by atoms with E-state index in [1.54, 1.807) is 37.5 Å². The number of hydrogen-bond acceptors (Lipinski definition) is 4. The van der Waals surface area contributed by atoms with Crippen molar-refractivity contribution in [2.75, 3.05) is 11.1 Å². The summed E-state index contributed by atoms with van der Waals surface area (Å²) in [6.45, 7) is 1.73. The van der Waals surface area contributed by atoms with E-state index >= 15 is 0 Å². The zero-order valence-electron chi connectivity index (χ0n) is 11.2. The van der Waals surface area contributed by atoms with E-state index in [0.717, 1.165) is 10.1 Å². The summed E-state index contributed by atoms with van der Waals surface area (Å²) in [7, 11) is 0. The van der Waals surface area contributed by atoms with Crippen LogP contribution in [-0.2, 0) is 0 Å². The van der Waals surface area contributed by atoms with Gasteiger partial charge in [0.25, 0.3) is 5.91 Å². The van der Waals surface area contributed by atoms with Crippen LogP contribution in [0, 0.1) is 12.7 Å². The third-order valence-corrected chi connectivity index (χ3v) is 4.35. The highest BCUT2D eigenvalue weighted by molar-refractivity contribution is 7.21. The molecular formula is C15H12FN3OS. The van der Waals surface area contributed by atoms with Crippen molar-refractivity contribution in [3.8, 4) is 0 Å². The SMILES string of the molecule is Cc1cccc(F)c1NC(=O)c1sc2cnccc2c1N. The lowest BCUT2D eigenvalue weighted by Gasteiger charge is -2.08. The molecule has 0 radical (unpaired) electrons. The van der Waals surface area contributed by atoms with Gasteiger partial charge >= 0.3 is 0 Å². The van der Waals surface area contributed by atoms with Crippen LogP contribution in [0.3, 0.4) is 0 Å². The highest BCUT2D eigenvalue weighted by atomic mass is 32.1. The number of nitrogen functional groups attached to an aromatic ring is 1. The average Bonchev–Trinajstić information content (AvgIpc) is 2.81. The van der Waals surface area contributed by atoms with Crippen molar-refractivity contribution < 1.29 is 9.18 Å². The van der Waals surface area contributed by atoms with Gasteiger partial charge in [-0.2, -0.15) is 0 Å². The van der Waals surface area contributed by atoms with Gasteiger partial charge < -0.3 is 11.1 Å². The fraction of sp³-hybridized carbons (Fsp3) is 0.0667. The van der Waals surface area contributed by atoms with Crippen molar-refractivity contribution in [1.82, 2.24) is 4.98 Å². The summed E-state index contributed by atoms with van der Waals surface area (Å²) >= 11 is 1.24. The van der Waals surface area contributed by atoms with Crippen LogP contribution in [0.25, 0.3) is 10.1 Å². The van der Waals surface area contributed by atoms with E-state index < -0.39 is 11.7 Å². The molecule has 6 heteroatoms. The highest BCUT2D eigenvalue weighted by Crippen LogP contribution is 2.33. The Balaban J connectivity index is 2.00. The van der Waals surface area contributed by atoms with Crippen LogP contribution < -0.4 is 11.1 Å². The molecule has 0 unspecified atom stereocenters. The van der Waals surface area contributed by atoms with Gasteiger partial charge in [0.1, 0.15) is 10.7 Å². The quantitative estimate of drug-likeness (QED) is 0.760. The zero-order valence-corrected chi connectivity index (χ0v) is 12.0. The Kier molecular flexibility index (Phi) is 3.31. The largest absolute Gasteiger partial charge is 0.397 e.